The molecule has 1 N–H and O–H groups in total. The Hall–Kier alpha value is -2.65. The van der Waals surface area contributed by atoms with Gasteiger partial charge < -0.3 is 5.11 Å². The number of nitriles is 1. The monoisotopic (exact) mass is 282 g/mol. The standard InChI is InChI=1S/C15H14N4O2/c16-7-12-8-17-19(13-4-2-1-3-5-13)15(12)18-9-11(10-20)6-14(18)21/h1-5,8,11,20H,6,9-10H2. The first kappa shape index (κ1) is 13.3. The number of aliphatic hydroxyl groups is 1. The van der Waals surface area contributed by atoms with Crippen LogP contribution in [0.1, 0.15) is 12.0 Å². The largest absolute Gasteiger partial charge is 0.396 e. The second kappa shape index (κ2) is 5.38. The number of carbonyl (C=O) groups excluding carboxylic acids is 1. The summed E-state index contributed by atoms with van der Waals surface area (Å²) in [5, 5.41) is 22.7. The zero-order chi connectivity index (χ0) is 14.8. The predicted molar refractivity (Wildman–Crippen MR) is 75.8 cm³/mol. The summed E-state index contributed by atoms with van der Waals surface area (Å²) in [5.74, 6) is 0.288. The molecule has 0 spiro atoms. The van der Waals surface area contributed by atoms with E-state index < -0.39 is 0 Å². The molecule has 1 saturated heterocycles. The van der Waals surface area contributed by atoms with E-state index in [4.69, 9.17) is 0 Å². The molecule has 1 aliphatic heterocycles. The highest BCUT2D eigenvalue weighted by molar-refractivity contribution is 5.96. The summed E-state index contributed by atoms with van der Waals surface area (Å²) in [5.41, 5.74) is 1.14. The van der Waals surface area contributed by atoms with Crippen LogP contribution in [0.4, 0.5) is 5.82 Å². The fraction of sp³-hybridized carbons (Fsp3) is 0.267. The Bertz CT molecular complexity index is 702. The molecule has 1 unspecified atom stereocenters. The molecule has 1 aromatic heterocycles. The second-order valence-corrected chi connectivity index (χ2v) is 5.00. The summed E-state index contributed by atoms with van der Waals surface area (Å²) in [6.07, 6.45) is 1.75. The Kier molecular flexibility index (Phi) is 3.42. The van der Waals surface area contributed by atoms with Crippen molar-refractivity contribution in [3.63, 3.8) is 0 Å². The number of hydrogen-bond donors (Lipinski definition) is 1. The molecule has 2 heterocycles. The average molecular weight is 282 g/mol. The maximum atomic E-state index is 12.2. The van der Waals surface area contributed by atoms with E-state index in [1.165, 1.54) is 6.20 Å². The van der Waals surface area contributed by atoms with Gasteiger partial charge in [-0.25, -0.2) is 4.68 Å². The summed E-state index contributed by atoms with van der Waals surface area (Å²) in [6, 6.07) is 11.4. The van der Waals surface area contributed by atoms with Crippen molar-refractivity contribution in [2.24, 2.45) is 5.92 Å². The van der Waals surface area contributed by atoms with Crippen LogP contribution in [0, 0.1) is 17.2 Å². The van der Waals surface area contributed by atoms with E-state index in [1.54, 1.807) is 9.58 Å². The lowest BCUT2D eigenvalue weighted by Gasteiger charge is -2.18. The highest BCUT2D eigenvalue weighted by Crippen LogP contribution is 2.29. The molecule has 0 radical (unpaired) electrons. The van der Waals surface area contributed by atoms with Crippen LogP contribution < -0.4 is 4.90 Å². The summed E-state index contributed by atoms with van der Waals surface area (Å²) < 4.78 is 1.59. The lowest BCUT2D eigenvalue weighted by molar-refractivity contribution is -0.117. The van der Waals surface area contributed by atoms with Crippen molar-refractivity contribution >= 4 is 11.7 Å². The number of para-hydroxylation sites is 1. The zero-order valence-electron chi connectivity index (χ0n) is 11.3. The first-order valence-electron chi connectivity index (χ1n) is 6.69. The van der Waals surface area contributed by atoms with Crippen molar-refractivity contribution in [1.82, 2.24) is 9.78 Å². The molecular formula is C15H14N4O2. The highest BCUT2D eigenvalue weighted by Gasteiger charge is 2.34. The third kappa shape index (κ3) is 2.28. The molecule has 106 valence electrons. The van der Waals surface area contributed by atoms with Gasteiger partial charge in [0.25, 0.3) is 0 Å². The maximum absolute atomic E-state index is 12.2. The number of anilines is 1. The van der Waals surface area contributed by atoms with Crippen molar-refractivity contribution in [1.29, 1.82) is 5.26 Å². The van der Waals surface area contributed by atoms with Gasteiger partial charge >= 0.3 is 0 Å². The topological polar surface area (TPSA) is 82.2 Å². The Morgan fingerprint density at radius 1 is 1.38 bits per heavy atom. The third-order valence-corrected chi connectivity index (χ3v) is 3.58. The van der Waals surface area contributed by atoms with Gasteiger partial charge in [0.1, 0.15) is 11.6 Å². The van der Waals surface area contributed by atoms with Gasteiger partial charge in [-0.3, -0.25) is 9.69 Å². The minimum absolute atomic E-state index is 0.0381. The van der Waals surface area contributed by atoms with E-state index in [0.29, 0.717) is 24.3 Å². The van der Waals surface area contributed by atoms with Crippen LogP contribution in [0.15, 0.2) is 36.5 Å². The number of aliphatic hydroxyl groups excluding tert-OH is 1. The summed E-state index contributed by atoms with van der Waals surface area (Å²) in [4.78, 5) is 13.7. The zero-order valence-corrected chi connectivity index (χ0v) is 11.3. The van der Waals surface area contributed by atoms with Gasteiger partial charge in [-0.15, -0.1) is 0 Å². The SMILES string of the molecule is N#Cc1cnn(-c2ccccc2)c1N1CC(CO)CC1=O. The fourth-order valence-electron chi connectivity index (χ4n) is 2.55. The molecule has 0 aliphatic carbocycles. The van der Waals surface area contributed by atoms with Crippen molar-refractivity contribution in [2.75, 3.05) is 18.1 Å². The molecule has 1 aliphatic rings. The van der Waals surface area contributed by atoms with Crippen LogP contribution in [0.25, 0.3) is 5.69 Å². The number of carbonyl (C=O) groups is 1. The Morgan fingerprint density at radius 2 is 2.14 bits per heavy atom. The first-order valence-corrected chi connectivity index (χ1v) is 6.69. The number of rotatable bonds is 3. The lowest BCUT2D eigenvalue weighted by Crippen LogP contribution is -2.28. The Labute approximate surface area is 121 Å². The number of aromatic nitrogens is 2. The van der Waals surface area contributed by atoms with Gasteiger partial charge in [0.05, 0.1) is 11.9 Å². The van der Waals surface area contributed by atoms with Gasteiger partial charge in [0.15, 0.2) is 5.82 Å². The van der Waals surface area contributed by atoms with Crippen LogP contribution in [0.3, 0.4) is 0 Å². The summed E-state index contributed by atoms with van der Waals surface area (Å²) in [7, 11) is 0. The third-order valence-electron chi connectivity index (χ3n) is 3.58. The second-order valence-electron chi connectivity index (χ2n) is 5.00. The smallest absolute Gasteiger partial charge is 0.228 e. The molecule has 1 fully saturated rings. The van der Waals surface area contributed by atoms with Crippen LogP contribution in [0.5, 0.6) is 0 Å². The molecule has 6 nitrogen and oxygen atoms in total. The van der Waals surface area contributed by atoms with Crippen molar-refractivity contribution in [2.45, 2.75) is 6.42 Å². The van der Waals surface area contributed by atoms with Gasteiger partial charge in [0, 0.05) is 25.5 Å². The van der Waals surface area contributed by atoms with Gasteiger partial charge in [-0.1, -0.05) is 18.2 Å². The molecular weight excluding hydrogens is 268 g/mol. The maximum Gasteiger partial charge on any atom is 0.228 e. The van der Waals surface area contributed by atoms with Gasteiger partial charge in [0.2, 0.25) is 5.91 Å². The molecule has 21 heavy (non-hydrogen) atoms. The minimum Gasteiger partial charge on any atom is -0.396 e. The van der Waals surface area contributed by atoms with E-state index in [1.807, 2.05) is 30.3 Å². The minimum atomic E-state index is -0.0943. The van der Waals surface area contributed by atoms with E-state index in [2.05, 4.69) is 11.2 Å². The van der Waals surface area contributed by atoms with Crippen LogP contribution in [-0.2, 0) is 4.79 Å². The molecule has 0 saturated carbocycles. The lowest BCUT2D eigenvalue weighted by atomic mass is 10.1. The van der Waals surface area contributed by atoms with Crippen LogP contribution in [-0.4, -0.2) is 33.9 Å². The first-order chi connectivity index (χ1) is 10.2. The summed E-state index contributed by atoms with van der Waals surface area (Å²) >= 11 is 0. The van der Waals surface area contributed by atoms with Crippen LogP contribution >= 0.6 is 0 Å². The number of nitrogens with zero attached hydrogens (tertiary/aromatic N) is 4. The van der Waals surface area contributed by atoms with E-state index >= 15 is 0 Å². The van der Waals surface area contributed by atoms with E-state index in [0.717, 1.165) is 5.69 Å². The summed E-state index contributed by atoms with van der Waals surface area (Å²) in [6.45, 7) is 0.367. The molecule has 1 amide bonds. The molecule has 1 aromatic carbocycles. The van der Waals surface area contributed by atoms with Crippen molar-refractivity contribution in [3.05, 3.63) is 42.1 Å². The predicted octanol–water partition coefficient (Wildman–Crippen LogP) is 1.09. The van der Waals surface area contributed by atoms with E-state index in [-0.39, 0.29) is 18.4 Å². The number of amides is 1. The Morgan fingerprint density at radius 3 is 2.76 bits per heavy atom. The van der Waals surface area contributed by atoms with Crippen molar-refractivity contribution in [3.8, 4) is 11.8 Å². The van der Waals surface area contributed by atoms with E-state index in [9.17, 15) is 15.2 Å². The average Bonchev–Trinajstić information content (AvgIpc) is 3.10. The molecule has 2 aromatic rings. The molecule has 0 bridgehead atoms. The molecule has 3 rings (SSSR count). The quantitative estimate of drug-likeness (QED) is 0.913. The Balaban J connectivity index is 2.08. The fourth-order valence-corrected chi connectivity index (χ4v) is 2.55. The molecule has 1 atom stereocenters. The number of benzene rings is 1. The highest BCUT2D eigenvalue weighted by atomic mass is 16.3. The normalized spacial score (nSPS) is 18.0. The van der Waals surface area contributed by atoms with Gasteiger partial charge in [-0.05, 0) is 12.1 Å². The van der Waals surface area contributed by atoms with Gasteiger partial charge in [-0.2, -0.15) is 10.4 Å². The number of hydrogen-bond acceptors (Lipinski definition) is 4. The van der Waals surface area contributed by atoms with Crippen LogP contribution in [0.2, 0.25) is 0 Å². The van der Waals surface area contributed by atoms with Crippen molar-refractivity contribution < 1.29 is 9.90 Å². The molecule has 6 heteroatoms.